The van der Waals surface area contributed by atoms with E-state index in [2.05, 4.69) is 20.5 Å². The fourth-order valence-corrected chi connectivity index (χ4v) is 2.61. The predicted molar refractivity (Wildman–Crippen MR) is 85.5 cm³/mol. The molecule has 0 bridgehead atoms. The lowest BCUT2D eigenvalue weighted by Gasteiger charge is -2.32. The van der Waals surface area contributed by atoms with Gasteiger partial charge in [-0.25, -0.2) is 5.10 Å². The Morgan fingerprint density at radius 3 is 2.54 bits per heavy atom. The second-order valence-corrected chi connectivity index (χ2v) is 5.56. The van der Waals surface area contributed by atoms with Gasteiger partial charge in [0.15, 0.2) is 0 Å². The third-order valence-electron chi connectivity index (χ3n) is 3.91. The first kappa shape index (κ1) is 15.9. The van der Waals surface area contributed by atoms with E-state index in [-0.39, 0.29) is 29.1 Å². The minimum Gasteiger partial charge on any atom is -0.348 e. The van der Waals surface area contributed by atoms with Crippen LogP contribution in [-0.2, 0) is 0 Å². The maximum Gasteiger partial charge on any atom is 0.272 e. The molecule has 0 radical (unpaired) electrons. The number of hydrogen-bond acceptors (Lipinski definition) is 5. The van der Waals surface area contributed by atoms with Gasteiger partial charge in [-0.15, -0.1) is 0 Å². The highest BCUT2D eigenvalue weighted by atomic mass is 16.2. The number of nitrogens with zero attached hydrogens (tertiary/aromatic N) is 3. The zero-order valence-electron chi connectivity index (χ0n) is 12.9. The highest BCUT2D eigenvalue weighted by Gasteiger charge is 2.25. The minimum absolute atomic E-state index is 0.0287. The van der Waals surface area contributed by atoms with Gasteiger partial charge < -0.3 is 10.2 Å². The number of likely N-dealkylation sites (tertiary alicyclic amines) is 1. The Balaban J connectivity index is 1.53. The lowest BCUT2D eigenvalue weighted by Crippen LogP contribution is -2.46. The van der Waals surface area contributed by atoms with Crippen molar-refractivity contribution in [1.82, 2.24) is 25.4 Å². The molecular weight excluding hydrogens is 310 g/mol. The van der Waals surface area contributed by atoms with E-state index in [9.17, 15) is 14.4 Å². The monoisotopic (exact) mass is 327 g/mol. The van der Waals surface area contributed by atoms with Gasteiger partial charge in [0.2, 0.25) is 0 Å². The second-order valence-electron chi connectivity index (χ2n) is 5.56. The van der Waals surface area contributed by atoms with Crippen LogP contribution in [0, 0.1) is 0 Å². The first-order chi connectivity index (χ1) is 11.6. The van der Waals surface area contributed by atoms with Crippen molar-refractivity contribution in [3.8, 4) is 0 Å². The van der Waals surface area contributed by atoms with Crippen LogP contribution in [0.1, 0.15) is 33.8 Å². The highest BCUT2D eigenvalue weighted by Crippen LogP contribution is 2.13. The number of nitrogens with one attached hydrogen (secondary N) is 2. The molecule has 24 heavy (non-hydrogen) atoms. The molecule has 0 atom stereocenters. The average molecular weight is 327 g/mol. The lowest BCUT2D eigenvalue weighted by molar-refractivity contribution is 0.0692. The molecule has 1 aliphatic rings. The molecule has 3 heterocycles. The summed E-state index contributed by atoms with van der Waals surface area (Å²) in [7, 11) is 0. The summed E-state index contributed by atoms with van der Waals surface area (Å²) in [5.41, 5.74) is 0.243. The molecule has 8 nitrogen and oxygen atoms in total. The summed E-state index contributed by atoms with van der Waals surface area (Å²) in [4.78, 5) is 41.2. The summed E-state index contributed by atoms with van der Waals surface area (Å²) >= 11 is 0. The van der Waals surface area contributed by atoms with Gasteiger partial charge in [0.1, 0.15) is 11.4 Å². The Morgan fingerprint density at radius 1 is 1.12 bits per heavy atom. The molecule has 0 spiro atoms. The van der Waals surface area contributed by atoms with Gasteiger partial charge in [-0.3, -0.25) is 19.4 Å². The van der Waals surface area contributed by atoms with E-state index < -0.39 is 0 Å². The normalized spacial score (nSPS) is 15.1. The van der Waals surface area contributed by atoms with Gasteiger partial charge in [0.05, 0.1) is 0 Å². The Bertz CT molecular complexity index is 761. The zero-order chi connectivity index (χ0) is 16.9. The van der Waals surface area contributed by atoms with E-state index >= 15 is 0 Å². The molecule has 0 aliphatic carbocycles. The summed E-state index contributed by atoms with van der Waals surface area (Å²) in [6.07, 6.45) is 2.92. The number of rotatable bonds is 3. The van der Waals surface area contributed by atoms with Crippen LogP contribution in [0.2, 0.25) is 0 Å². The zero-order valence-corrected chi connectivity index (χ0v) is 12.9. The van der Waals surface area contributed by atoms with Gasteiger partial charge in [0, 0.05) is 31.4 Å². The van der Waals surface area contributed by atoms with E-state index in [4.69, 9.17) is 0 Å². The molecule has 1 aliphatic heterocycles. The summed E-state index contributed by atoms with van der Waals surface area (Å²) in [5.74, 6) is -0.427. The Hall–Kier alpha value is -3.03. The summed E-state index contributed by atoms with van der Waals surface area (Å²) < 4.78 is 0. The van der Waals surface area contributed by atoms with Crippen molar-refractivity contribution in [3.63, 3.8) is 0 Å². The van der Waals surface area contributed by atoms with E-state index in [1.807, 2.05) is 0 Å². The van der Waals surface area contributed by atoms with Crippen molar-refractivity contribution in [2.45, 2.75) is 18.9 Å². The number of pyridine rings is 1. The van der Waals surface area contributed by atoms with Crippen LogP contribution in [0.3, 0.4) is 0 Å². The van der Waals surface area contributed by atoms with Gasteiger partial charge >= 0.3 is 0 Å². The highest BCUT2D eigenvalue weighted by molar-refractivity contribution is 5.93. The molecule has 2 aromatic heterocycles. The largest absolute Gasteiger partial charge is 0.348 e. The van der Waals surface area contributed by atoms with Crippen molar-refractivity contribution >= 4 is 11.8 Å². The van der Waals surface area contributed by atoms with Crippen molar-refractivity contribution in [2.24, 2.45) is 0 Å². The maximum atomic E-state index is 12.3. The van der Waals surface area contributed by atoms with Crippen LogP contribution in [0.5, 0.6) is 0 Å². The summed E-state index contributed by atoms with van der Waals surface area (Å²) in [6, 6.07) is 7.86. The molecule has 0 unspecified atom stereocenters. The Morgan fingerprint density at radius 2 is 1.92 bits per heavy atom. The fourth-order valence-electron chi connectivity index (χ4n) is 2.61. The number of amides is 2. The molecule has 124 valence electrons. The third-order valence-corrected chi connectivity index (χ3v) is 3.91. The van der Waals surface area contributed by atoms with Crippen molar-refractivity contribution in [1.29, 1.82) is 0 Å². The van der Waals surface area contributed by atoms with Crippen LogP contribution in [-0.4, -0.2) is 51.0 Å². The topological polar surface area (TPSA) is 108 Å². The second kappa shape index (κ2) is 7.03. The number of H-pyrrole nitrogens is 1. The van der Waals surface area contributed by atoms with Crippen LogP contribution in [0.25, 0.3) is 0 Å². The van der Waals surface area contributed by atoms with Crippen LogP contribution >= 0.6 is 0 Å². The number of hydrogen-bond donors (Lipinski definition) is 2. The number of aromatic amines is 1. The van der Waals surface area contributed by atoms with E-state index in [1.165, 1.54) is 12.1 Å². The lowest BCUT2D eigenvalue weighted by atomic mass is 10.0. The van der Waals surface area contributed by atoms with Crippen LogP contribution in [0.15, 0.2) is 41.3 Å². The molecule has 0 aromatic carbocycles. The Labute approximate surface area is 137 Å². The number of carbonyl (C=O) groups is 2. The first-order valence-electron chi connectivity index (χ1n) is 7.70. The molecule has 2 amide bonds. The first-order valence-corrected chi connectivity index (χ1v) is 7.70. The quantitative estimate of drug-likeness (QED) is 0.837. The summed E-state index contributed by atoms with van der Waals surface area (Å²) in [6.45, 7) is 1.11. The Kier molecular flexibility index (Phi) is 4.64. The summed E-state index contributed by atoms with van der Waals surface area (Å²) in [5, 5.41) is 8.81. The van der Waals surface area contributed by atoms with Gasteiger partial charge in [-0.1, -0.05) is 6.07 Å². The van der Waals surface area contributed by atoms with Gasteiger partial charge in [-0.2, -0.15) is 5.10 Å². The predicted octanol–water partition coefficient (Wildman–Crippen LogP) is 0.199. The molecule has 0 saturated carbocycles. The number of carbonyl (C=O) groups excluding carboxylic acids is 2. The smallest absolute Gasteiger partial charge is 0.272 e. The van der Waals surface area contributed by atoms with Gasteiger partial charge in [-0.05, 0) is 31.0 Å². The van der Waals surface area contributed by atoms with Crippen molar-refractivity contribution in [3.05, 3.63) is 58.3 Å². The molecule has 2 N–H and O–H groups in total. The molecule has 2 aromatic rings. The van der Waals surface area contributed by atoms with Crippen LogP contribution in [0.4, 0.5) is 0 Å². The molecular formula is C16H17N5O3. The molecule has 1 saturated heterocycles. The minimum atomic E-state index is -0.354. The van der Waals surface area contributed by atoms with Crippen molar-refractivity contribution in [2.75, 3.05) is 13.1 Å². The maximum absolute atomic E-state index is 12.3. The van der Waals surface area contributed by atoms with E-state index in [0.717, 1.165) is 0 Å². The SMILES string of the molecule is O=C(NC1CCN(C(=O)c2ccccn2)CC1)c1ccc(=O)[nH]n1. The average Bonchev–Trinajstić information content (AvgIpc) is 2.63. The molecule has 3 rings (SSSR count). The third kappa shape index (κ3) is 3.65. The number of piperidine rings is 1. The number of aromatic nitrogens is 3. The molecule has 1 fully saturated rings. The van der Waals surface area contributed by atoms with Crippen molar-refractivity contribution < 1.29 is 9.59 Å². The fraction of sp³-hybridized carbons (Fsp3) is 0.312. The van der Waals surface area contributed by atoms with E-state index in [1.54, 1.807) is 29.3 Å². The van der Waals surface area contributed by atoms with Gasteiger partial charge in [0.25, 0.3) is 17.4 Å². The van der Waals surface area contributed by atoms with E-state index in [0.29, 0.717) is 31.6 Å². The molecule has 8 heteroatoms. The standard InChI is InChI=1S/C16H17N5O3/c22-14-5-4-12(19-20-14)15(23)18-11-6-9-21(10-7-11)16(24)13-3-1-2-8-17-13/h1-5,8,11H,6-7,9-10H2,(H,18,23)(H,20,22). The van der Waals surface area contributed by atoms with Crippen LogP contribution < -0.4 is 10.9 Å².